The molecule has 0 aliphatic carbocycles. The maximum Gasteiger partial charge on any atom is 0.0756 e. The molecule has 0 saturated carbocycles. The molecule has 2 aromatic rings. The number of anilines is 1. The van der Waals surface area contributed by atoms with Crippen molar-refractivity contribution < 1.29 is 0 Å². The van der Waals surface area contributed by atoms with Crippen molar-refractivity contribution in [1.29, 1.82) is 0 Å². The summed E-state index contributed by atoms with van der Waals surface area (Å²) in [4.78, 5) is 4.61. The summed E-state index contributed by atoms with van der Waals surface area (Å²) in [6.07, 6.45) is 1.08. The molecule has 0 fully saturated rings. The van der Waals surface area contributed by atoms with Gasteiger partial charge < -0.3 is 10.6 Å². The quantitative estimate of drug-likeness (QED) is 0.821. The zero-order valence-corrected chi connectivity index (χ0v) is 12.4. The van der Waals surface area contributed by atoms with Crippen LogP contribution in [0, 0.1) is 13.8 Å². The largest absolute Gasteiger partial charge is 0.384 e. The van der Waals surface area contributed by atoms with Crippen molar-refractivity contribution in [3.63, 3.8) is 0 Å². The highest BCUT2D eigenvalue weighted by molar-refractivity contribution is 6.31. The van der Waals surface area contributed by atoms with Crippen LogP contribution >= 0.6 is 11.6 Å². The van der Waals surface area contributed by atoms with Crippen molar-refractivity contribution >= 4 is 28.2 Å². The van der Waals surface area contributed by atoms with Gasteiger partial charge in [0.25, 0.3) is 0 Å². The summed E-state index contributed by atoms with van der Waals surface area (Å²) >= 11 is 6.15. The first-order chi connectivity index (χ1) is 9.11. The van der Waals surface area contributed by atoms with Crippen molar-refractivity contribution in [1.82, 2.24) is 10.3 Å². The average molecular weight is 278 g/mol. The van der Waals surface area contributed by atoms with Crippen LogP contribution in [0.5, 0.6) is 0 Å². The molecule has 0 bridgehead atoms. The Morgan fingerprint density at radius 1 is 1.16 bits per heavy atom. The van der Waals surface area contributed by atoms with E-state index in [-0.39, 0.29) is 0 Å². The minimum atomic E-state index is 0.758. The van der Waals surface area contributed by atoms with E-state index in [0.717, 1.165) is 52.4 Å². The lowest BCUT2D eigenvalue weighted by Crippen LogP contribution is -2.13. The van der Waals surface area contributed by atoms with E-state index in [9.17, 15) is 0 Å². The minimum absolute atomic E-state index is 0.758. The van der Waals surface area contributed by atoms with Crippen LogP contribution in [0.1, 0.15) is 17.7 Å². The molecule has 4 heteroatoms. The zero-order valence-electron chi connectivity index (χ0n) is 11.7. The van der Waals surface area contributed by atoms with Crippen LogP contribution in [0.3, 0.4) is 0 Å². The highest BCUT2D eigenvalue weighted by Gasteiger charge is 2.07. The molecule has 0 unspecified atom stereocenters. The molecule has 2 rings (SSSR count). The Morgan fingerprint density at radius 2 is 1.95 bits per heavy atom. The fourth-order valence-electron chi connectivity index (χ4n) is 2.22. The Bertz CT molecular complexity index is 581. The molecule has 1 aromatic heterocycles. The van der Waals surface area contributed by atoms with E-state index in [4.69, 9.17) is 11.6 Å². The SMILES string of the molecule is CNCCCNc1cc(C)nc2c(C)cc(Cl)cc12. The maximum atomic E-state index is 6.15. The predicted octanol–water partition coefficient (Wildman–Crippen LogP) is 3.53. The van der Waals surface area contributed by atoms with E-state index >= 15 is 0 Å². The molecule has 0 radical (unpaired) electrons. The molecular formula is C15H20ClN3. The van der Waals surface area contributed by atoms with Crippen molar-refractivity contribution in [2.24, 2.45) is 0 Å². The number of aryl methyl sites for hydroxylation is 2. The van der Waals surface area contributed by atoms with Gasteiger partial charge in [-0.1, -0.05) is 11.6 Å². The third-order valence-corrected chi connectivity index (χ3v) is 3.33. The highest BCUT2D eigenvalue weighted by atomic mass is 35.5. The van der Waals surface area contributed by atoms with Gasteiger partial charge in [0.15, 0.2) is 0 Å². The van der Waals surface area contributed by atoms with Crippen LogP contribution in [0.4, 0.5) is 5.69 Å². The molecule has 0 amide bonds. The summed E-state index contributed by atoms with van der Waals surface area (Å²) in [6, 6.07) is 6.02. The van der Waals surface area contributed by atoms with E-state index in [1.807, 2.05) is 33.0 Å². The van der Waals surface area contributed by atoms with Gasteiger partial charge in [-0.15, -0.1) is 0 Å². The fourth-order valence-corrected chi connectivity index (χ4v) is 2.49. The molecule has 19 heavy (non-hydrogen) atoms. The van der Waals surface area contributed by atoms with Gasteiger partial charge in [-0.2, -0.15) is 0 Å². The number of hydrogen-bond donors (Lipinski definition) is 2. The standard InChI is InChI=1S/C15H20ClN3/c1-10-7-12(16)9-13-14(18-6-4-5-17-3)8-11(2)19-15(10)13/h7-9,17H,4-6H2,1-3H3,(H,18,19). The Morgan fingerprint density at radius 3 is 2.68 bits per heavy atom. The number of fused-ring (bicyclic) bond motifs is 1. The van der Waals surface area contributed by atoms with Crippen LogP contribution in [-0.4, -0.2) is 25.1 Å². The number of halogens is 1. The summed E-state index contributed by atoms with van der Waals surface area (Å²) in [5, 5.41) is 8.48. The molecule has 0 atom stereocenters. The second-order valence-corrected chi connectivity index (χ2v) is 5.25. The smallest absolute Gasteiger partial charge is 0.0756 e. The van der Waals surface area contributed by atoms with E-state index in [1.54, 1.807) is 0 Å². The number of nitrogens with one attached hydrogen (secondary N) is 2. The van der Waals surface area contributed by atoms with E-state index in [0.29, 0.717) is 0 Å². The Kier molecular flexibility index (Phi) is 4.61. The lowest BCUT2D eigenvalue weighted by Gasteiger charge is -2.12. The second-order valence-electron chi connectivity index (χ2n) is 4.81. The molecule has 2 N–H and O–H groups in total. The lowest BCUT2D eigenvalue weighted by molar-refractivity contribution is 0.748. The molecule has 1 aromatic carbocycles. The number of rotatable bonds is 5. The third kappa shape index (κ3) is 3.37. The second kappa shape index (κ2) is 6.22. The van der Waals surface area contributed by atoms with Gasteiger partial charge in [-0.25, -0.2) is 0 Å². The summed E-state index contributed by atoms with van der Waals surface area (Å²) in [6.45, 7) is 6.01. The molecule has 102 valence electrons. The van der Waals surface area contributed by atoms with Crippen molar-refractivity contribution in [3.05, 3.63) is 34.5 Å². The maximum absolute atomic E-state index is 6.15. The first kappa shape index (κ1) is 14.1. The van der Waals surface area contributed by atoms with Gasteiger partial charge in [0.2, 0.25) is 0 Å². The molecule has 0 aliphatic heterocycles. The summed E-state index contributed by atoms with van der Waals surface area (Å²) < 4.78 is 0. The normalized spacial score (nSPS) is 10.9. The molecule has 1 heterocycles. The topological polar surface area (TPSA) is 37.0 Å². The highest BCUT2D eigenvalue weighted by Crippen LogP contribution is 2.28. The van der Waals surface area contributed by atoms with Gasteiger partial charge in [0, 0.05) is 28.3 Å². The molecule has 3 nitrogen and oxygen atoms in total. The van der Waals surface area contributed by atoms with E-state index in [1.165, 1.54) is 0 Å². The third-order valence-electron chi connectivity index (χ3n) is 3.12. The van der Waals surface area contributed by atoms with Crippen LogP contribution < -0.4 is 10.6 Å². The number of nitrogens with zero attached hydrogens (tertiary/aromatic N) is 1. The van der Waals surface area contributed by atoms with Gasteiger partial charge in [0.05, 0.1) is 5.52 Å². The average Bonchev–Trinajstić information content (AvgIpc) is 2.36. The number of benzene rings is 1. The molecular weight excluding hydrogens is 258 g/mol. The molecule has 0 saturated heterocycles. The van der Waals surface area contributed by atoms with Crippen LogP contribution in [-0.2, 0) is 0 Å². The first-order valence-electron chi connectivity index (χ1n) is 6.58. The van der Waals surface area contributed by atoms with Gasteiger partial charge in [-0.3, -0.25) is 4.98 Å². The predicted molar refractivity (Wildman–Crippen MR) is 83.3 cm³/mol. The van der Waals surface area contributed by atoms with Crippen molar-refractivity contribution in [3.8, 4) is 0 Å². The zero-order chi connectivity index (χ0) is 13.8. The number of aromatic nitrogens is 1. The Hall–Kier alpha value is -1.32. The number of pyridine rings is 1. The van der Waals surface area contributed by atoms with Crippen molar-refractivity contribution in [2.75, 3.05) is 25.5 Å². The van der Waals surface area contributed by atoms with E-state index in [2.05, 4.69) is 21.7 Å². The monoisotopic (exact) mass is 277 g/mol. The fraction of sp³-hybridized carbons (Fsp3) is 0.400. The number of hydrogen-bond acceptors (Lipinski definition) is 3. The molecule has 0 aliphatic rings. The summed E-state index contributed by atoms with van der Waals surface area (Å²) in [5.74, 6) is 0. The van der Waals surface area contributed by atoms with Crippen LogP contribution in [0.25, 0.3) is 10.9 Å². The van der Waals surface area contributed by atoms with Crippen molar-refractivity contribution in [2.45, 2.75) is 20.3 Å². The Labute approximate surface area is 119 Å². The summed E-state index contributed by atoms with van der Waals surface area (Å²) in [7, 11) is 1.97. The summed E-state index contributed by atoms with van der Waals surface area (Å²) in [5.41, 5.74) is 4.28. The van der Waals surface area contributed by atoms with Crippen LogP contribution in [0.15, 0.2) is 18.2 Å². The van der Waals surface area contributed by atoms with E-state index < -0.39 is 0 Å². The van der Waals surface area contributed by atoms with Gasteiger partial charge in [0.1, 0.15) is 0 Å². The van der Waals surface area contributed by atoms with Gasteiger partial charge in [-0.05, 0) is 57.6 Å². The Balaban J connectivity index is 2.36. The minimum Gasteiger partial charge on any atom is -0.384 e. The van der Waals surface area contributed by atoms with Gasteiger partial charge >= 0.3 is 0 Å². The molecule has 0 spiro atoms. The van der Waals surface area contributed by atoms with Crippen LogP contribution in [0.2, 0.25) is 5.02 Å². The first-order valence-corrected chi connectivity index (χ1v) is 6.95. The lowest BCUT2D eigenvalue weighted by atomic mass is 10.1.